The summed E-state index contributed by atoms with van der Waals surface area (Å²) in [5, 5.41) is 10.8. The second-order valence-electron chi connectivity index (χ2n) is 5.29. The quantitative estimate of drug-likeness (QED) is 0.193. The third kappa shape index (κ3) is 5.08. The Balaban J connectivity index is 2.08. The number of benzene rings is 2. The molecule has 0 spiro atoms. The van der Waals surface area contributed by atoms with Crippen LogP contribution in [0, 0.1) is 40.4 Å². The normalized spacial score (nSPS) is 11.0. The summed E-state index contributed by atoms with van der Waals surface area (Å²) in [5.41, 5.74) is -1.70. The van der Waals surface area contributed by atoms with Gasteiger partial charge >= 0.3 is 5.97 Å². The molecular weight excluding hydrogens is 423 g/mol. The molecule has 0 saturated carbocycles. The van der Waals surface area contributed by atoms with Gasteiger partial charge in [0.2, 0.25) is 5.82 Å². The Labute approximate surface area is 164 Å². The molecule has 2 aromatic carbocycles. The summed E-state index contributed by atoms with van der Waals surface area (Å²) >= 11 is 5.70. The van der Waals surface area contributed by atoms with Gasteiger partial charge < -0.3 is 10.1 Å². The lowest BCUT2D eigenvalue weighted by Gasteiger charge is -2.10. The first-order valence-corrected chi connectivity index (χ1v) is 7.89. The molecule has 0 unspecified atom stereocenters. The summed E-state index contributed by atoms with van der Waals surface area (Å²) in [5.74, 6) is -14.1. The number of anilines is 1. The van der Waals surface area contributed by atoms with Crippen molar-refractivity contribution in [2.75, 3.05) is 11.9 Å². The first-order valence-electron chi connectivity index (χ1n) is 7.51. The van der Waals surface area contributed by atoms with E-state index in [1.165, 1.54) is 35.7 Å². The van der Waals surface area contributed by atoms with Crippen LogP contribution >= 0.6 is 11.6 Å². The number of nitrogens with zero attached hydrogens (tertiary/aromatic N) is 1. The van der Waals surface area contributed by atoms with Crippen molar-refractivity contribution >= 4 is 35.2 Å². The van der Waals surface area contributed by atoms with Gasteiger partial charge in [-0.1, -0.05) is 23.7 Å². The van der Waals surface area contributed by atoms with Crippen LogP contribution in [0.15, 0.2) is 29.8 Å². The predicted octanol–water partition coefficient (Wildman–Crippen LogP) is 4.12. The summed E-state index contributed by atoms with van der Waals surface area (Å²) in [7, 11) is 0. The van der Waals surface area contributed by atoms with E-state index in [-0.39, 0.29) is 0 Å². The number of hydrogen-bond acceptors (Lipinski definition) is 4. The molecule has 11 heteroatoms. The predicted molar refractivity (Wildman–Crippen MR) is 90.9 cm³/mol. The summed E-state index contributed by atoms with van der Waals surface area (Å²) in [6, 6.07) is 7.50. The van der Waals surface area contributed by atoms with Crippen molar-refractivity contribution in [2.24, 2.45) is 0 Å². The highest BCUT2D eigenvalue weighted by Crippen LogP contribution is 2.27. The van der Waals surface area contributed by atoms with Crippen LogP contribution in [0.3, 0.4) is 0 Å². The van der Waals surface area contributed by atoms with E-state index >= 15 is 0 Å². The molecule has 150 valence electrons. The van der Waals surface area contributed by atoms with Crippen LogP contribution < -0.4 is 5.32 Å². The molecule has 29 heavy (non-hydrogen) atoms. The Morgan fingerprint density at radius 2 is 1.52 bits per heavy atom. The van der Waals surface area contributed by atoms with E-state index in [1.54, 1.807) is 0 Å². The Bertz CT molecular complexity index is 1020. The zero-order chi connectivity index (χ0) is 21.7. The Kier molecular flexibility index (Phi) is 6.90. The maximum absolute atomic E-state index is 13.5. The van der Waals surface area contributed by atoms with Crippen LogP contribution in [0.1, 0.15) is 5.56 Å². The van der Waals surface area contributed by atoms with Crippen molar-refractivity contribution in [3.05, 3.63) is 69.5 Å². The van der Waals surface area contributed by atoms with Gasteiger partial charge in [-0.05, 0) is 23.8 Å². The molecule has 1 N–H and O–H groups in total. The topological polar surface area (TPSA) is 79.2 Å². The fourth-order valence-electron chi connectivity index (χ4n) is 1.96. The summed E-state index contributed by atoms with van der Waals surface area (Å²) in [6.45, 7) is -1.15. The van der Waals surface area contributed by atoms with Gasteiger partial charge in [-0.2, -0.15) is 5.26 Å². The fraction of sp³-hybridized carbons (Fsp3) is 0.0556. The van der Waals surface area contributed by atoms with E-state index < -0.39 is 58.8 Å². The van der Waals surface area contributed by atoms with Crippen LogP contribution in [0.25, 0.3) is 6.08 Å². The zero-order valence-electron chi connectivity index (χ0n) is 14.0. The van der Waals surface area contributed by atoms with Gasteiger partial charge in [0.1, 0.15) is 17.3 Å². The molecule has 0 atom stereocenters. The SMILES string of the molecule is N#CC(=Cc1ccc(Cl)cc1)C(=O)OCC(=O)Nc1c(F)c(F)c(F)c(F)c1F. The van der Waals surface area contributed by atoms with Gasteiger partial charge in [-0.15, -0.1) is 0 Å². The van der Waals surface area contributed by atoms with Crippen molar-refractivity contribution in [3.8, 4) is 6.07 Å². The number of esters is 1. The van der Waals surface area contributed by atoms with E-state index in [2.05, 4.69) is 4.74 Å². The van der Waals surface area contributed by atoms with Crippen LogP contribution in [0.2, 0.25) is 5.02 Å². The van der Waals surface area contributed by atoms with Crippen molar-refractivity contribution in [2.45, 2.75) is 0 Å². The number of hydrogen-bond donors (Lipinski definition) is 1. The van der Waals surface area contributed by atoms with Gasteiger partial charge in [0.25, 0.3) is 5.91 Å². The second kappa shape index (κ2) is 9.16. The lowest BCUT2D eigenvalue weighted by atomic mass is 10.1. The molecule has 0 aliphatic heterocycles. The lowest BCUT2D eigenvalue weighted by Crippen LogP contribution is -2.23. The summed E-state index contributed by atoms with van der Waals surface area (Å²) in [4.78, 5) is 23.5. The largest absolute Gasteiger partial charge is 0.451 e. The molecule has 0 radical (unpaired) electrons. The Morgan fingerprint density at radius 1 is 1.00 bits per heavy atom. The standard InChI is InChI=1S/C18H8ClF5N2O3/c19-10-3-1-8(2-4-10)5-9(6-25)18(28)29-7-11(27)26-17-15(23)13(21)12(20)14(22)16(17)24/h1-5H,7H2,(H,26,27). The van der Waals surface area contributed by atoms with Crippen LogP contribution in [0.4, 0.5) is 27.6 Å². The number of rotatable bonds is 5. The van der Waals surface area contributed by atoms with Crippen LogP contribution in [-0.4, -0.2) is 18.5 Å². The minimum atomic E-state index is -2.39. The third-order valence-electron chi connectivity index (χ3n) is 3.33. The lowest BCUT2D eigenvalue weighted by molar-refractivity contribution is -0.142. The highest BCUT2D eigenvalue weighted by atomic mass is 35.5. The molecule has 2 rings (SSSR count). The molecule has 0 fully saturated rings. The molecule has 0 aliphatic rings. The van der Waals surface area contributed by atoms with Gasteiger partial charge in [-0.3, -0.25) is 4.79 Å². The molecule has 0 heterocycles. The highest BCUT2D eigenvalue weighted by Gasteiger charge is 2.27. The average molecular weight is 431 g/mol. The van der Waals surface area contributed by atoms with E-state index in [1.807, 2.05) is 0 Å². The van der Waals surface area contributed by atoms with E-state index in [4.69, 9.17) is 16.9 Å². The van der Waals surface area contributed by atoms with E-state index in [0.29, 0.717) is 10.6 Å². The monoisotopic (exact) mass is 430 g/mol. The van der Waals surface area contributed by atoms with Gasteiger partial charge in [-0.25, -0.2) is 26.7 Å². The summed E-state index contributed by atoms with van der Waals surface area (Å²) < 4.78 is 70.7. The van der Waals surface area contributed by atoms with Crippen molar-refractivity contribution in [1.29, 1.82) is 5.26 Å². The maximum Gasteiger partial charge on any atom is 0.349 e. The van der Waals surface area contributed by atoms with Crippen molar-refractivity contribution < 1.29 is 36.3 Å². The van der Waals surface area contributed by atoms with E-state index in [0.717, 1.165) is 6.08 Å². The first-order chi connectivity index (χ1) is 13.6. The number of carbonyl (C=O) groups is 2. The van der Waals surface area contributed by atoms with E-state index in [9.17, 15) is 31.5 Å². The molecule has 1 amide bonds. The molecule has 5 nitrogen and oxygen atoms in total. The molecule has 2 aromatic rings. The number of halogens is 6. The first kappa shape index (κ1) is 21.8. The number of carbonyl (C=O) groups excluding carboxylic acids is 2. The molecular formula is C18H8ClF5N2O3. The molecule has 0 bridgehead atoms. The number of nitrogens with one attached hydrogen (secondary N) is 1. The minimum Gasteiger partial charge on any atom is -0.451 e. The zero-order valence-corrected chi connectivity index (χ0v) is 14.8. The number of ether oxygens (including phenoxy) is 1. The molecule has 0 aliphatic carbocycles. The highest BCUT2D eigenvalue weighted by molar-refractivity contribution is 6.30. The van der Waals surface area contributed by atoms with Gasteiger partial charge in [0.05, 0.1) is 0 Å². The number of nitriles is 1. The Hall–Kier alpha value is -3.45. The average Bonchev–Trinajstić information content (AvgIpc) is 2.71. The summed E-state index contributed by atoms with van der Waals surface area (Å²) in [6.07, 6.45) is 1.13. The fourth-order valence-corrected chi connectivity index (χ4v) is 2.09. The smallest absolute Gasteiger partial charge is 0.349 e. The van der Waals surface area contributed by atoms with Gasteiger partial charge in [0.15, 0.2) is 29.9 Å². The Morgan fingerprint density at radius 3 is 2.03 bits per heavy atom. The maximum atomic E-state index is 13.5. The van der Waals surface area contributed by atoms with Crippen molar-refractivity contribution in [3.63, 3.8) is 0 Å². The van der Waals surface area contributed by atoms with Crippen LogP contribution in [0.5, 0.6) is 0 Å². The van der Waals surface area contributed by atoms with Gasteiger partial charge in [0, 0.05) is 5.02 Å². The van der Waals surface area contributed by atoms with Crippen molar-refractivity contribution in [1.82, 2.24) is 0 Å². The third-order valence-corrected chi connectivity index (χ3v) is 3.58. The second-order valence-corrected chi connectivity index (χ2v) is 5.73. The molecule has 0 aromatic heterocycles. The minimum absolute atomic E-state index is 0.410. The number of amides is 1. The molecule has 0 saturated heterocycles. The van der Waals surface area contributed by atoms with Crippen LogP contribution in [-0.2, 0) is 14.3 Å².